The van der Waals surface area contributed by atoms with Gasteiger partial charge in [-0.3, -0.25) is 24.5 Å². The van der Waals surface area contributed by atoms with Crippen molar-refractivity contribution < 1.29 is 24.5 Å². The van der Waals surface area contributed by atoms with Crippen LogP contribution in [0.25, 0.3) is 11.2 Å². The summed E-state index contributed by atoms with van der Waals surface area (Å²) in [6.45, 7) is 7.38. The van der Waals surface area contributed by atoms with E-state index >= 15 is 0 Å². The zero-order valence-corrected chi connectivity index (χ0v) is 26.0. The number of carbonyl (C=O) groups is 1. The number of aryl methyl sites for hydroxylation is 2. The number of nitrogens with zero attached hydrogens (tertiary/aromatic N) is 3. The summed E-state index contributed by atoms with van der Waals surface area (Å²) >= 11 is 0. The van der Waals surface area contributed by atoms with Crippen molar-refractivity contribution >= 4 is 23.0 Å². The predicted molar refractivity (Wildman–Crippen MR) is 172 cm³/mol. The number of imidazole rings is 1. The first kappa shape index (κ1) is 31.3. The number of amides is 1. The van der Waals surface area contributed by atoms with Crippen LogP contribution >= 0.6 is 0 Å². The van der Waals surface area contributed by atoms with E-state index < -0.39 is 35.7 Å². The highest BCUT2D eigenvalue weighted by molar-refractivity contribution is 5.91. The number of hydrogen-bond donors (Lipinski definition) is 4. The minimum atomic E-state index is -1.40. The minimum Gasteiger partial charge on any atom is -0.387 e. The molecule has 0 radical (unpaired) electrons. The lowest BCUT2D eigenvalue weighted by molar-refractivity contribution is -0.118. The fourth-order valence-corrected chi connectivity index (χ4v) is 5.74. The van der Waals surface area contributed by atoms with Crippen LogP contribution < -0.4 is 10.9 Å². The number of H-pyrrole nitrogens is 1. The summed E-state index contributed by atoms with van der Waals surface area (Å²) in [5.41, 5.74) is 3.29. The summed E-state index contributed by atoms with van der Waals surface area (Å²) < 4.78 is 14.5. The summed E-state index contributed by atoms with van der Waals surface area (Å²) in [4.78, 5) is 36.1. The van der Waals surface area contributed by atoms with Crippen molar-refractivity contribution in [2.45, 2.75) is 57.8 Å². The van der Waals surface area contributed by atoms with E-state index in [4.69, 9.17) is 9.47 Å². The largest absolute Gasteiger partial charge is 0.387 e. The predicted octanol–water partition coefficient (Wildman–Crippen LogP) is 3.96. The Morgan fingerprint density at radius 1 is 0.957 bits per heavy atom. The van der Waals surface area contributed by atoms with E-state index in [1.54, 1.807) is 13.8 Å². The van der Waals surface area contributed by atoms with Crippen LogP contribution in [0, 0.1) is 19.8 Å². The quantitative estimate of drug-likeness (QED) is 0.180. The molecule has 4 N–H and O–H groups in total. The van der Waals surface area contributed by atoms with Crippen LogP contribution in [0.3, 0.4) is 0 Å². The number of ether oxygens (including phenoxy) is 2. The van der Waals surface area contributed by atoms with Crippen LogP contribution in [0.15, 0.2) is 90.0 Å². The maximum atomic E-state index is 12.8. The zero-order chi connectivity index (χ0) is 32.6. The average molecular weight is 624 g/mol. The molecule has 238 valence electrons. The summed E-state index contributed by atoms with van der Waals surface area (Å²) in [5, 5.41) is 25.0. The third-order valence-electron chi connectivity index (χ3n) is 8.37. The van der Waals surface area contributed by atoms with Gasteiger partial charge in [-0.1, -0.05) is 104 Å². The minimum absolute atomic E-state index is 0.00521. The number of aliphatic hydroxyl groups is 2. The summed E-state index contributed by atoms with van der Waals surface area (Å²) in [6.07, 6.45) is -3.52. The smallest absolute Gasteiger partial charge is 0.280 e. The van der Waals surface area contributed by atoms with Gasteiger partial charge in [-0.15, -0.1) is 0 Å². The lowest BCUT2D eigenvalue weighted by atomic mass is 9.79. The molecule has 11 heteroatoms. The molecule has 0 aliphatic carbocycles. The molecule has 4 atom stereocenters. The molecule has 1 fully saturated rings. The molecule has 0 bridgehead atoms. The number of aromatic amines is 1. The standard InChI is InChI=1S/C35H37N5O6/c1-20(2)31(43)38-34-37-30-27(32(44)39-34)36-19-40(30)33-29(42)28(41)26(46-33)18-45-35(23-8-6-5-7-9-23,24-14-10-21(3)11-15-24)25-16-12-22(4)13-17-25/h5-17,19-20,26,28-29,33,41-42H,18H2,1-4H3,(H2,37,38,39,43,44)/t26-,28+,29?,33-/m1/s1. The number of nitrogens with one attached hydrogen (secondary N) is 2. The molecule has 3 heterocycles. The van der Waals surface area contributed by atoms with Crippen LogP contribution in [0.5, 0.6) is 0 Å². The van der Waals surface area contributed by atoms with Crippen molar-refractivity contribution in [3.63, 3.8) is 0 Å². The van der Waals surface area contributed by atoms with Gasteiger partial charge < -0.3 is 19.7 Å². The average Bonchev–Trinajstić information content (AvgIpc) is 3.59. The number of benzene rings is 3. The van der Waals surface area contributed by atoms with Gasteiger partial charge in [-0.05, 0) is 30.5 Å². The Hall–Kier alpha value is -4.68. The van der Waals surface area contributed by atoms with E-state index in [1.807, 2.05) is 92.7 Å². The Bertz CT molecular complexity index is 1840. The number of aliphatic hydroxyl groups excluding tert-OH is 2. The lowest BCUT2D eigenvalue weighted by Gasteiger charge is -2.37. The van der Waals surface area contributed by atoms with Crippen LogP contribution in [-0.2, 0) is 19.9 Å². The maximum absolute atomic E-state index is 12.8. The first-order chi connectivity index (χ1) is 22.1. The van der Waals surface area contributed by atoms with Crippen molar-refractivity contribution in [1.29, 1.82) is 0 Å². The molecular weight excluding hydrogens is 586 g/mol. The van der Waals surface area contributed by atoms with Gasteiger partial charge in [0.1, 0.15) is 23.9 Å². The van der Waals surface area contributed by atoms with Crippen molar-refractivity contribution in [2.75, 3.05) is 11.9 Å². The molecule has 11 nitrogen and oxygen atoms in total. The molecule has 1 saturated heterocycles. The molecule has 0 saturated carbocycles. The number of fused-ring (bicyclic) bond motifs is 1. The van der Waals surface area contributed by atoms with Crippen molar-refractivity contribution in [1.82, 2.24) is 19.5 Å². The molecule has 3 aromatic carbocycles. The molecule has 6 rings (SSSR count). The van der Waals surface area contributed by atoms with Gasteiger partial charge >= 0.3 is 0 Å². The molecule has 0 spiro atoms. The fraction of sp³-hybridized carbons (Fsp3) is 0.314. The van der Waals surface area contributed by atoms with Crippen LogP contribution in [0.1, 0.15) is 47.9 Å². The van der Waals surface area contributed by atoms with Gasteiger partial charge in [0, 0.05) is 5.92 Å². The van der Waals surface area contributed by atoms with Gasteiger partial charge in [-0.25, -0.2) is 4.98 Å². The highest BCUT2D eigenvalue weighted by atomic mass is 16.6. The third-order valence-corrected chi connectivity index (χ3v) is 8.37. The number of hydrogen-bond acceptors (Lipinski definition) is 8. The maximum Gasteiger partial charge on any atom is 0.280 e. The molecule has 1 unspecified atom stereocenters. The fourth-order valence-electron chi connectivity index (χ4n) is 5.74. The van der Waals surface area contributed by atoms with Gasteiger partial charge in [-0.2, -0.15) is 4.98 Å². The van der Waals surface area contributed by atoms with Gasteiger partial charge in [0.05, 0.1) is 12.9 Å². The first-order valence-electron chi connectivity index (χ1n) is 15.2. The van der Waals surface area contributed by atoms with Crippen LogP contribution in [-0.4, -0.2) is 60.6 Å². The van der Waals surface area contributed by atoms with Crippen molar-refractivity contribution in [2.24, 2.45) is 5.92 Å². The Balaban J connectivity index is 1.35. The molecule has 5 aromatic rings. The number of aromatic nitrogens is 4. The van der Waals surface area contributed by atoms with E-state index in [9.17, 15) is 19.8 Å². The second-order valence-corrected chi connectivity index (χ2v) is 12.0. The Morgan fingerprint density at radius 2 is 1.54 bits per heavy atom. The number of carbonyl (C=O) groups excluding carboxylic acids is 1. The lowest BCUT2D eigenvalue weighted by Crippen LogP contribution is -2.39. The SMILES string of the molecule is Cc1ccc(C(OC[C@H]2O[C@@H](n3cnc4c(=O)[nH]c(NC(=O)C(C)C)nc43)C(O)[C@H]2O)(c2ccccc2)c2ccc(C)cc2)cc1. The van der Waals surface area contributed by atoms with E-state index in [0.717, 1.165) is 27.8 Å². The van der Waals surface area contributed by atoms with Crippen LogP contribution in [0.4, 0.5) is 5.95 Å². The Kier molecular flexibility index (Phi) is 8.58. The highest BCUT2D eigenvalue weighted by Crippen LogP contribution is 2.42. The number of anilines is 1. The van der Waals surface area contributed by atoms with E-state index in [1.165, 1.54) is 10.9 Å². The highest BCUT2D eigenvalue weighted by Gasteiger charge is 2.47. The van der Waals surface area contributed by atoms with Crippen LogP contribution in [0.2, 0.25) is 0 Å². The molecular formula is C35H37N5O6. The Labute approximate surface area is 265 Å². The zero-order valence-electron chi connectivity index (χ0n) is 26.0. The Morgan fingerprint density at radius 3 is 2.13 bits per heavy atom. The molecule has 1 aliphatic heterocycles. The van der Waals surface area contributed by atoms with Gasteiger partial charge in [0.25, 0.3) is 5.56 Å². The normalized spacial score (nSPS) is 20.0. The van der Waals surface area contributed by atoms with Gasteiger partial charge in [0.15, 0.2) is 17.4 Å². The summed E-state index contributed by atoms with van der Waals surface area (Å²) in [6, 6.07) is 26.1. The molecule has 46 heavy (non-hydrogen) atoms. The van der Waals surface area contributed by atoms with Crippen molar-refractivity contribution in [3.8, 4) is 0 Å². The number of rotatable bonds is 9. The summed E-state index contributed by atoms with van der Waals surface area (Å²) in [7, 11) is 0. The van der Waals surface area contributed by atoms with E-state index in [2.05, 4.69) is 20.3 Å². The van der Waals surface area contributed by atoms with E-state index in [0.29, 0.717) is 0 Å². The second kappa shape index (κ2) is 12.6. The summed E-state index contributed by atoms with van der Waals surface area (Å²) in [5.74, 6) is -0.734. The topological polar surface area (TPSA) is 152 Å². The second-order valence-electron chi connectivity index (χ2n) is 12.0. The first-order valence-corrected chi connectivity index (χ1v) is 15.2. The monoisotopic (exact) mass is 623 g/mol. The van der Waals surface area contributed by atoms with Crippen molar-refractivity contribution in [3.05, 3.63) is 123 Å². The molecule has 2 aromatic heterocycles. The van der Waals surface area contributed by atoms with Gasteiger partial charge in [0.2, 0.25) is 11.9 Å². The molecule has 1 amide bonds. The third kappa shape index (κ3) is 5.74. The molecule has 1 aliphatic rings. The van der Waals surface area contributed by atoms with E-state index in [-0.39, 0.29) is 35.5 Å².